The van der Waals surface area contributed by atoms with Crippen molar-refractivity contribution >= 4 is 18.0 Å². The van der Waals surface area contributed by atoms with Crippen LogP contribution in [-0.2, 0) is 20.9 Å². The summed E-state index contributed by atoms with van der Waals surface area (Å²) < 4.78 is 15.3. The van der Waals surface area contributed by atoms with Crippen LogP contribution < -0.4 is 4.74 Å². The summed E-state index contributed by atoms with van der Waals surface area (Å²) in [5, 5.41) is 0. The maximum atomic E-state index is 12.9. The Balaban J connectivity index is 1.96. The summed E-state index contributed by atoms with van der Waals surface area (Å²) in [4.78, 5) is 26.7. The first-order valence-electron chi connectivity index (χ1n) is 8.04. The number of rotatable bonds is 5. The summed E-state index contributed by atoms with van der Waals surface area (Å²) in [5.74, 6) is 0.414. The van der Waals surface area contributed by atoms with Crippen LogP contribution in [0.5, 0.6) is 5.75 Å². The van der Waals surface area contributed by atoms with Crippen LogP contribution in [0.3, 0.4) is 0 Å². The number of esters is 1. The van der Waals surface area contributed by atoms with E-state index >= 15 is 0 Å². The summed E-state index contributed by atoms with van der Waals surface area (Å²) in [7, 11) is 2.89. The highest BCUT2D eigenvalue weighted by molar-refractivity contribution is 6.16. The highest BCUT2D eigenvalue weighted by atomic mass is 16.5. The fourth-order valence-electron chi connectivity index (χ4n) is 2.85. The van der Waals surface area contributed by atoms with Gasteiger partial charge in [0.1, 0.15) is 11.5 Å². The van der Waals surface area contributed by atoms with Crippen LogP contribution in [-0.4, -0.2) is 31.0 Å². The van der Waals surface area contributed by atoms with Crippen molar-refractivity contribution in [3.63, 3.8) is 0 Å². The Morgan fingerprint density at radius 1 is 1.19 bits per heavy atom. The van der Waals surface area contributed by atoms with Gasteiger partial charge in [0, 0.05) is 5.70 Å². The van der Waals surface area contributed by atoms with Crippen molar-refractivity contribution in [2.75, 3.05) is 14.2 Å². The van der Waals surface area contributed by atoms with Crippen molar-refractivity contribution in [3.05, 3.63) is 70.8 Å². The molecule has 2 aromatic rings. The molecule has 0 spiro atoms. The monoisotopic (exact) mass is 353 g/mol. The van der Waals surface area contributed by atoms with Crippen LogP contribution in [0.2, 0.25) is 0 Å². The molecule has 1 aliphatic heterocycles. The van der Waals surface area contributed by atoms with E-state index in [0.717, 1.165) is 11.3 Å². The number of furan rings is 1. The number of hydrogen-bond donors (Lipinski definition) is 0. The van der Waals surface area contributed by atoms with Crippen LogP contribution in [0.1, 0.15) is 18.2 Å². The van der Waals surface area contributed by atoms with Gasteiger partial charge in [-0.25, -0.2) is 4.79 Å². The first kappa shape index (κ1) is 17.5. The van der Waals surface area contributed by atoms with Crippen molar-refractivity contribution in [3.8, 4) is 5.75 Å². The summed E-state index contributed by atoms with van der Waals surface area (Å²) in [6.45, 7) is 2.07. The van der Waals surface area contributed by atoms with Gasteiger partial charge in [-0.2, -0.15) is 0 Å². The van der Waals surface area contributed by atoms with Crippen molar-refractivity contribution in [1.82, 2.24) is 4.90 Å². The maximum absolute atomic E-state index is 12.9. The lowest BCUT2D eigenvalue weighted by atomic mass is 10.1. The Bertz CT molecular complexity index is 875. The highest BCUT2D eigenvalue weighted by Crippen LogP contribution is 2.33. The molecule has 2 heterocycles. The van der Waals surface area contributed by atoms with Crippen molar-refractivity contribution in [2.45, 2.75) is 13.5 Å². The van der Waals surface area contributed by atoms with Crippen LogP contribution in [0, 0.1) is 0 Å². The molecule has 1 aliphatic rings. The second-order valence-electron chi connectivity index (χ2n) is 5.76. The quantitative estimate of drug-likeness (QED) is 0.610. The fourth-order valence-corrected chi connectivity index (χ4v) is 2.85. The largest absolute Gasteiger partial charge is 0.497 e. The number of ether oxygens (including phenoxy) is 2. The maximum Gasteiger partial charge on any atom is 0.340 e. The summed E-state index contributed by atoms with van der Waals surface area (Å²) in [6, 6.07) is 10.9. The summed E-state index contributed by atoms with van der Waals surface area (Å²) in [5.41, 5.74) is 1.98. The number of carbonyl (C=O) groups is 2. The predicted octanol–water partition coefficient (Wildman–Crippen LogP) is 3.16. The van der Waals surface area contributed by atoms with Gasteiger partial charge in [-0.3, -0.25) is 4.79 Å². The summed E-state index contributed by atoms with van der Waals surface area (Å²) in [6.07, 6.45) is 3.07. The molecule has 0 saturated carbocycles. The molecule has 6 heteroatoms. The number of methoxy groups -OCH3 is 2. The Kier molecular flexibility index (Phi) is 4.93. The zero-order valence-electron chi connectivity index (χ0n) is 14.8. The molecule has 0 bridgehead atoms. The van der Waals surface area contributed by atoms with Gasteiger partial charge in [0.05, 0.1) is 38.2 Å². The van der Waals surface area contributed by atoms with Gasteiger partial charge in [0.15, 0.2) is 0 Å². The Morgan fingerprint density at radius 3 is 2.50 bits per heavy atom. The van der Waals surface area contributed by atoms with Gasteiger partial charge in [-0.05, 0) is 42.8 Å². The lowest BCUT2D eigenvalue weighted by Crippen LogP contribution is -2.24. The number of amides is 1. The van der Waals surface area contributed by atoms with E-state index in [1.165, 1.54) is 13.4 Å². The van der Waals surface area contributed by atoms with E-state index in [2.05, 4.69) is 0 Å². The molecule has 3 rings (SSSR count). The molecule has 0 radical (unpaired) electrons. The first-order chi connectivity index (χ1) is 12.5. The molecular formula is C20H19NO5. The number of allylic oxidation sites excluding steroid dienone is 1. The van der Waals surface area contributed by atoms with E-state index in [1.807, 2.05) is 24.3 Å². The Labute approximate surface area is 151 Å². The van der Waals surface area contributed by atoms with E-state index in [1.54, 1.807) is 37.1 Å². The van der Waals surface area contributed by atoms with E-state index < -0.39 is 5.97 Å². The standard InChI is InChI=1S/C20H19NO5/c1-13-18(20(23)25-3)17(11-16-5-4-10-26-16)19(22)21(13)12-14-6-8-15(24-2)9-7-14/h4-11H,12H2,1-3H3/b17-11-. The van der Waals surface area contributed by atoms with Gasteiger partial charge in [-0.15, -0.1) is 0 Å². The normalized spacial score (nSPS) is 15.7. The first-order valence-corrected chi connectivity index (χ1v) is 8.04. The van der Waals surface area contributed by atoms with Crippen molar-refractivity contribution in [1.29, 1.82) is 0 Å². The van der Waals surface area contributed by atoms with Gasteiger partial charge in [0.25, 0.3) is 5.91 Å². The molecule has 1 aromatic heterocycles. The highest BCUT2D eigenvalue weighted by Gasteiger charge is 2.37. The number of hydrogen-bond acceptors (Lipinski definition) is 5. The molecule has 26 heavy (non-hydrogen) atoms. The molecule has 1 amide bonds. The molecule has 1 aromatic carbocycles. The van der Waals surface area contributed by atoms with Gasteiger partial charge < -0.3 is 18.8 Å². The smallest absolute Gasteiger partial charge is 0.340 e. The van der Waals surface area contributed by atoms with Crippen LogP contribution in [0.15, 0.2) is 63.9 Å². The van der Waals surface area contributed by atoms with Crippen molar-refractivity contribution < 1.29 is 23.5 Å². The minimum atomic E-state index is -0.550. The van der Waals surface area contributed by atoms with Gasteiger partial charge >= 0.3 is 5.97 Å². The minimum Gasteiger partial charge on any atom is -0.497 e. The average molecular weight is 353 g/mol. The SMILES string of the molecule is COC(=O)C1=C(C)N(Cc2ccc(OC)cc2)C(=O)/C1=C\c1ccco1. The Hall–Kier alpha value is -3.28. The van der Waals surface area contributed by atoms with Crippen LogP contribution >= 0.6 is 0 Å². The molecule has 0 N–H and O–H groups in total. The van der Waals surface area contributed by atoms with Crippen LogP contribution in [0.4, 0.5) is 0 Å². The zero-order chi connectivity index (χ0) is 18.7. The molecular weight excluding hydrogens is 334 g/mol. The molecule has 0 aliphatic carbocycles. The topological polar surface area (TPSA) is 69.0 Å². The number of benzene rings is 1. The van der Waals surface area contributed by atoms with E-state index in [-0.39, 0.29) is 17.1 Å². The van der Waals surface area contributed by atoms with Gasteiger partial charge in [0.2, 0.25) is 0 Å². The van der Waals surface area contributed by atoms with Crippen molar-refractivity contribution in [2.24, 2.45) is 0 Å². The molecule has 0 atom stereocenters. The molecule has 0 saturated heterocycles. The number of carbonyl (C=O) groups excluding carboxylic acids is 2. The second kappa shape index (κ2) is 7.31. The third-order valence-corrected chi connectivity index (χ3v) is 4.23. The molecule has 6 nitrogen and oxygen atoms in total. The van der Waals surface area contributed by atoms with E-state index in [9.17, 15) is 9.59 Å². The molecule has 0 unspecified atom stereocenters. The predicted molar refractivity (Wildman–Crippen MR) is 94.9 cm³/mol. The minimum absolute atomic E-state index is 0.252. The lowest BCUT2D eigenvalue weighted by Gasteiger charge is -2.18. The zero-order valence-corrected chi connectivity index (χ0v) is 14.8. The van der Waals surface area contributed by atoms with E-state index in [4.69, 9.17) is 13.9 Å². The van der Waals surface area contributed by atoms with Crippen LogP contribution in [0.25, 0.3) is 6.08 Å². The average Bonchev–Trinajstić information content (AvgIpc) is 3.25. The molecule has 0 fully saturated rings. The third kappa shape index (κ3) is 3.26. The fraction of sp³-hybridized carbons (Fsp3) is 0.200. The van der Waals surface area contributed by atoms with Gasteiger partial charge in [-0.1, -0.05) is 12.1 Å². The second-order valence-corrected chi connectivity index (χ2v) is 5.76. The lowest BCUT2D eigenvalue weighted by molar-refractivity contribution is -0.136. The number of nitrogens with zero attached hydrogens (tertiary/aromatic N) is 1. The summed E-state index contributed by atoms with van der Waals surface area (Å²) >= 11 is 0. The van der Waals surface area contributed by atoms with E-state index in [0.29, 0.717) is 18.0 Å². The third-order valence-electron chi connectivity index (χ3n) is 4.23. The molecule has 134 valence electrons. The Morgan fingerprint density at radius 2 is 1.92 bits per heavy atom.